The van der Waals surface area contributed by atoms with Crippen molar-refractivity contribution in [3.8, 4) is 11.3 Å². The molecule has 0 saturated carbocycles. The van der Waals surface area contributed by atoms with E-state index in [4.69, 9.17) is 11.6 Å². The average Bonchev–Trinajstić information content (AvgIpc) is 3.34. The Morgan fingerprint density at radius 1 is 1.00 bits per heavy atom. The van der Waals surface area contributed by atoms with Gasteiger partial charge in [-0.05, 0) is 61.7 Å². The largest absolute Gasteiger partial charge is 0.350 e. The molecule has 0 aliphatic heterocycles. The van der Waals surface area contributed by atoms with E-state index in [2.05, 4.69) is 41.5 Å². The van der Waals surface area contributed by atoms with Crippen LogP contribution in [0.4, 0.5) is 5.69 Å². The molecule has 33 heavy (non-hydrogen) atoms. The van der Waals surface area contributed by atoms with E-state index < -0.39 is 11.6 Å². The summed E-state index contributed by atoms with van der Waals surface area (Å²) in [6.07, 6.45) is 3.30. The fraction of sp³-hybridized carbons (Fsp3) is 0.167. The molecule has 3 heterocycles. The molecular weight excluding hydrogens is 440 g/mol. The lowest BCUT2D eigenvalue weighted by Gasteiger charge is -2.07. The second kappa shape index (κ2) is 7.90. The van der Waals surface area contributed by atoms with Crippen LogP contribution in [0.2, 0.25) is 5.02 Å². The first-order valence-electron chi connectivity index (χ1n) is 10.4. The molecule has 3 aromatic heterocycles. The Morgan fingerprint density at radius 3 is 2.58 bits per heavy atom. The fourth-order valence-corrected chi connectivity index (χ4v) is 4.01. The second-order valence-electron chi connectivity index (χ2n) is 8.12. The highest BCUT2D eigenvalue weighted by molar-refractivity contribution is 6.33. The summed E-state index contributed by atoms with van der Waals surface area (Å²) in [4.78, 5) is 25.4. The summed E-state index contributed by atoms with van der Waals surface area (Å²) < 4.78 is 4.23. The van der Waals surface area contributed by atoms with Gasteiger partial charge in [0.1, 0.15) is 12.1 Å². The summed E-state index contributed by atoms with van der Waals surface area (Å²) in [5.41, 5.74) is 6.30. The maximum absolute atomic E-state index is 12.9. The van der Waals surface area contributed by atoms with Crippen molar-refractivity contribution < 1.29 is 4.79 Å². The lowest BCUT2D eigenvalue weighted by Crippen LogP contribution is -2.28. The number of aryl methyl sites for hydroxylation is 3. The molecule has 9 heteroatoms. The molecule has 0 aliphatic carbocycles. The first-order chi connectivity index (χ1) is 15.8. The molecule has 0 spiro atoms. The molecule has 0 aliphatic rings. The van der Waals surface area contributed by atoms with Gasteiger partial charge < -0.3 is 5.32 Å². The van der Waals surface area contributed by atoms with Crippen LogP contribution in [0.1, 0.15) is 16.7 Å². The number of carbonyl (C=O) groups excluding carboxylic acids is 1. The number of amides is 1. The highest BCUT2D eigenvalue weighted by atomic mass is 35.5. The zero-order chi connectivity index (χ0) is 23.3. The van der Waals surface area contributed by atoms with E-state index in [0.717, 1.165) is 21.5 Å². The maximum atomic E-state index is 12.9. The molecule has 0 saturated heterocycles. The SMILES string of the molecule is Cc1ccc(NC(=O)Cn2nc3c4cc(-c5ccc(C)c(C)c5)nn4ccn3c2=O)c(Cl)c1. The van der Waals surface area contributed by atoms with Gasteiger partial charge in [0.15, 0.2) is 5.65 Å². The Kier molecular flexibility index (Phi) is 5.02. The predicted molar refractivity (Wildman–Crippen MR) is 128 cm³/mol. The van der Waals surface area contributed by atoms with Gasteiger partial charge in [0.2, 0.25) is 5.91 Å². The van der Waals surface area contributed by atoms with Crippen LogP contribution in [0.15, 0.2) is 59.7 Å². The van der Waals surface area contributed by atoms with E-state index in [1.54, 1.807) is 29.0 Å². The normalized spacial score (nSPS) is 11.4. The molecule has 0 atom stereocenters. The smallest absolute Gasteiger partial charge is 0.323 e. The van der Waals surface area contributed by atoms with E-state index in [0.29, 0.717) is 21.9 Å². The van der Waals surface area contributed by atoms with Crippen LogP contribution in [-0.2, 0) is 11.3 Å². The number of nitrogens with zero attached hydrogens (tertiary/aromatic N) is 5. The first kappa shape index (κ1) is 21.0. The van der Waals surface area contributed by atoms with Crippen LogP contribution in [0.25, 0.3) is 22.4 Å². The minimum absolute atomic E-state index is 0.241. The summed E-state index contributed by atoms with van der Waals surface area (Å²) in [6.45, 7) is 5.79. The van der Waals surface area contributed by atoms with Crippen molar-refractivity contribution in [3.63, 3.8) is 0 Å². The third kappa shape index (κ3) is 3.78. The Morgan fingerprint density at radius 2 is 1.82 bits per heavy atom. The minimum Gasteiger partial charge on any atom is -0.323 e. The molecule has 5 aromatic rings. The van der Waals surface area contributed by atoms with Crippen LogP contribution >= 0.6 is 11.6 Å². The van der Waals surface area contributed by atoms with Crippen LogP contribution in [0.5, 0.6) is 0 Å². The lowest BCUT2D eigenvalue weighted by molar-refractivity contribution is -0.117. The molecule has 0 fully saturated rings. The minimum atomic E-state index is -0.411. The van der Waals surface area contributed by atoms with Gasteiger partial charge in [-0.2, -0.15) is 5.10 Å². The fourth-order valence-electron chi connectivity index (χ4n) is 3.73. The van der Waals surface area contributed by atoms with E-state index >= 15 is 0 Å². The molecule has 1 N–H and O–H groups in total. The highest BCUT2D eigenvalue weighted by Gasteiger charge is 2.16. The van der Waals surface area contributed by atoms with Crippen molar-refractivity contribution in [3.05, 3.63) is 87.1 Å². The zero-order valence-electron chi connectivity index (χ0n) is 18.3. The van der Waals surface area contributed by atoms with E-state index in [1.165, 1.54) is 15.5 Å². The monoisotopic (exact) mass is 460 g/mol. The van der Waals surface area contributed by atoms with Gasteiger partial charge in [0.25, 0.3) is 0 Å². The first-order valence-corrected chi connectivity index (χ1v) is 10.8. The molecular formula is C24H21ClN6O2. The Hall–Kier alpha value is -3.91. The summed E-state index contributed by atoms with van der Waals surface area (Å²) in [7, 11) is 0. The Labute approximate surface area is 194 Å². The third-order valence-electron chi connectivity index (χ3n) is 5.69. The lowest BCUT2D eigenvalue weighted by atomic mass is 10.0. The number of hydrogen-bond donors (Lipinski definition) is 1. The number of fused-ring (bicyclic) bond motifs is 3. The van der Waals surface area contributed by atoms with Gasteiger partial charge in [-0.15, -0.1) is 5.10 Å². The van der Waals surface area contributed by atoms with E-state index in [9.17, 15) is 9.59 Å². The molecule has 8 nitrogen and oxygen atoms in total. The maximum Gasteiger partial charge on any atom is 0.350 e. The number of halogens is 1. The number of anilines is 1. The summed E-state index contributed by atoms with van der Waals surface area (Å²) >= 11 is 6.20. The van der Waals surface area contributed by atoms with Crippen LogP contribution in [-0.4, -0.2) is 29.7 Å². The van der Waals surface area contributed by atoms with Gasteiger partial charge in [0.05, 0.1) is 16.4 Å². The van der Waals surface area contributed by atoms with E-state index in [1.807, 2.05) is 25.1 Å². The van der Waals surface area contributed by atoms with Gasteiger partial charge in [0, 0.05) is 18.0 Å². The van der Waals surface area contributed by atoms with Crippen molar-refractivity contribution in [1.82, 2.24) is 23.8 Å². The molecule has 166 valence electrons. The summed E-state index contributed by atoms with van der Waals surface area (Å²) in [5.74, 6) is -0.397. The van der Waals surface area contributed by atoms with Crippen LogP contribution < -0.4 is 11.0 Å². The summed E-state index contributed by atoms with van der Waals surface area (Å²) in [5, 5.41) is 12.2. The number of hydrogen-bond acceptors (Lipinski definition) is 4. The highest BCUT2D eigenvalue weighted by Crippen LogP contribution is 2.24. The van der Waals surface area contributed by atoms with Crippen molar-refractivity contribution in [1.29, 1.82) is 0 Å². The Bertz CT molecular complexity index is 1610. The standard InChI is InChI=1S/C24H21ClN6O2/c1-14-4-7-19(18(25)10-14)26-22(32)13-31-24(33)29-8-9-30-21(23(29)28-31)12-20(27-30)17-6-5-15(2)16(3)11-17/h4-12H,13H2,1-3H3,(H,26,32). The molecule has 0 bridgehead atoms. The van der Waals surface area contributed by atoms with Crippen molar-refractivity contribution >= 4 is 34.4 Å². The number of nitrogens with one attached hydrogen (secondary N) is 1. The molecule has 2 aromatic carbocycles. The number of aromatic nitrogens is 5. The molecule has 0 unspecified atom stereocenters. The van der Waals surface area contributed by atoms with Crippen molar-refractivity contribution in [2.75, 3.05) is 5.32 Å². The number of carbonyl (C=O) groups is 1. The van der Waals surface area contributed by atoms with Gasteiger partial charge in [-0.3, -0.25) is 4.79 Å². The average molecular weight is 461 g/mol. The van der Waals surface area contributed by atoms with E-state index in [-0.39, 0.29) is 6.54 Å². The molecule has 1 amide bonds. The van der Waals surface area contributed by atoms with Gasteiger partial charge >= 0.3 is 5.69 Å². The number of benzene rings is 2. The topological polar surface area (TPSA) is 85.7 Å². The Balaban J connectivity index is 1.49. The molecule has 0 radical (unpaired) electrons. The quantitative estimate of drug-likeness (QED) is 0.438. The molecule has 5 rings (SSSR count). The third-order valence-corrected chi connectivity index (χ3v) is 6.00. The van der Waals surface area contributed by atoms with Crippen molar-refractivity contribution in [2.45, 2.75) is 27.3 Å². The second-order valence-corrected chi connectivity index (χ2v) is 8.53. The number of rotatable bonds is 4. The van der Waals surface area contributed by atoms with Gasteiger partial charge in [-0.25, -0.2) is 18.4 Å². The van der Waals surface area contributed by atoms with Gasteiger partial charge in [-0.1, -0.05) is 29.8 Å². The van der Waals surface area contributed by atoms with Crippen molar-refractivity contribution in [2.24, 2.45) is 0 Å². The zero-order valence-corrected chi connectivity index (χ0v) is 19.1. The van der Waals surface area contributed by atoms with Crippen LogP contribution in [0.3, 0.4) is 0 Å². The summed E-state index contributed by atoms with van der Waals surface area (Å²) in [6, 6.07) is 13.4. The van der Waals surface area contributed by atoms with Crippen LogP contribution in [0, 0.1) is 20.8 Å². The predicted octanol–water partition coefficient (Wildman–Crippen LogP) is 4.03.